The molecule has 2 aromatic carbocycles. The number of phenols is 1. The van der Waals surface area contributed by atoms with Crippen LogP contribution in [0.25, 0.3) is 32.9 Å². The first kappa shape index (κ1) is 37.4. The van der Waals surface area contributed by atoms with E-state index in [2.05, 4.69) is 39.9 Å². The molecule has 2 saturated heterocycles. The number of nitrogens with one attached hydrogen (secondary N) is 1. The Morgan fingerprint density at radius 1 is 0.982 bits per heavy atom. The lowest BCUT2D eigenvalue weighted by atomic mass is 9.95. The number of rotatable bonds is 11. The van der Waals surface area contributed by atoms with Crippen molar-refractivity contribution in [2.24, 2.45) is 11.3 Å². The molecule has 14 heteroatoms. The molecule has 4 heterocycles. The monoisotopic (exact) mass is 764 g/mol. The number of nitrogens with zero attached hydrogens (tertiary/aromatic N) is 5. The Hall–Kier alpha value is -4.48. The van der Waals surface area contributed by atoms with Gasteiger partial charge in [0.25, 0.3) is 0 Å². The quantitative estimate of drug-likeness (QED) is 0.118. The molecule has 2 aliphatic heterocycles. The number of benzene rings is 2. The van der Waals surface area contributed by atoms with Crippen LogP contribution in [-0.4, -0.2) is 88.7 Å². The molecular formula is C41H45F5N6O3. The zero-order valence-corrected chi connectivity index (χ0v) is 31.0. The molecule has 4 aliphatic rings. The van der Waals surface area contributed by atoms with Gasteiger partial charge in [-0.3, -0.25) is 0 Å². The molecule has 2 atom stereocenters. The van der Waals surface area contributed by atoms with Crippen molar-refractivity contribution in [3.8, 4) is 41.2 Å². The number of hydrogen-bond acceptors (Lipinski definition) is 9. The first-order chi connectivity index (χ1) is 26.4. The minimum atomic E-state index is -4.18. The minimum absolute atomic E-state index is 0.0475. The molecule has 4 aromatic rings. The molecule has 0 radical (unpaired) electrons. The molecule has 2 unspecified atom stereocenters. The van der Waals surface area contributed by atoms with Crippen LogP contribution in [0.3, 0.4) is 0 Å². The molecule has 9 nitrogen and oxygen atoms in total. The number of terminal acetylenes is 1. The van der Waals surface area contributed by atoms with E-state index in [-0.39, 0.29) is 93.8 Å². The number of aromatic nitrogens is 3. The summed E-state index contributed by atoms with van der Waals surface area (Å²) < 4.78 is 85.3. The van der Waals surface area contributed by atoms with Gasteiger partial charge in [0.2, 0.25) is 5.88 Å². The maximum Gasteiger partial charge on any atom is 0.391 e. The van der Waals surface area contributed by atoms with Crippen LogP contribution in [0.2, 0.25) is 0 Å². The zero-order chi connectivity index (χ0) is 38.6. The van der Waals surface area contributed by atoms with Crippen molar-refractivity contribution in [3.05, 3.63) is 41.5 Å². The molecule has 0 bridgehead atoms. The highest BCUT2D eigenvalue weighted by Crippen LogP contribution is 2.48. The number of alkyl halides is 3. The van der Waals surface area contributed by atoms with E-state index in [0.717, 1.165) is 38.5 Å². The molecule has 2 aromatic heterocycles. The van der Waals surface area contributed by atoms with E-state index in [0.29, 0.717) is 43.9 Å². The number of aromatic hydroxyl groups is 1. The molecule has 55 heavy (non-hydrogen) atoms. The van der Waals surface area contributed by atoms with Crippen molar-refractivity contribution in [1.29, 1.82) is 0 Å². The average molecular weight is 765 g/mol. The fourth-order valence-corrected chi connectivity index (χ4v) is 8.10. The molecule has 292 valence electrons. The van der Waals surface area contributed by atoms with Crippen molar-refractivity contribution in [2.45, 2.75) is 89.6 Å². The molecular weight excluding hydrogens is 719 g/mol. The van der Waals surface area contributed by atoms with E-state index < -0.39 is 23.7 Å². The Kier molecular flexibility index (Phi) is 9.90. The molecule has 0 spiro atoms. The second-order valence-electron chi connectivity index (χ2n) is 15.8. The highest BCUT2D eigenvalue weighted by atomic mass is 19.4. The van der Waals surface area contributed by atoms with Crippen molar-refractivity contribution >= 4 is 27.5 Å². The summed E-state index contributed by atoms with van der Waals surface area (Å²) in [5.74, 6) is -0.0574. The number of anilines is 1. The Labute approximate surface area is 316 Å². The van der Waals surface area contributed by atoms with Crippen molar-refractivity contribution < 1.29 is 36.5 Å². The van der Waals surface area contributed by atoms with Gasteiger partial charge in [-0.1, -0.05) is 25.8 Å². The zero-order valence-electron chi connectivity index (χ0n) is 31.0. The predicted molar refractivity (Wildman–Crippen MR) is 199 cm³/mol. The van der Waals surface area contributed by atoms with Crippen LogP contribution in [0.1, 0.15) is 70.8 Å². The SMILES string of the molecule is C#Cc1c(F)ccc2cc(O)cc(-c3nc(OC4CC4)c4c(N5CC(CC)NC(CC)C5)nc(OCC5(CN6CCC(C(F)(F)F)CC6)CC5)nc4c3F)c12. The van der Waals surface area contributed by atoms with Crippen LogP contribution in [0.5, 0.6) is 17.6 Å². The lowest BCUT2D eigenvalue weighted by molar-refractivity contribution is -0.185. The first-order valence-electron chi connectivity index (χ1n) is 19.3. The van der Waals surface area contributed by atoms with Crippen LogP contribution in [0.15, 0.2) is 24.3 Å². The van der Waals surface area contributed by atoms with E-state index in [1.165, 1.54) is 24.3 Å². The maximum atomic E-state index is 17.4. The Morgan fingerprint density at radius 3 is 2.31 bits per heavy atom. The third kappa shape index (κ3) is 7.57. The van der Waals surface area contributed by atoms with Gasteiger partial charge in [-0.15, -0.1) is 6.42 Å². The summed E-state index contributed by atoms with van der Waals surface area (Å²) in [6.45, 7) is 6.88. The van der Waals surface area contributed by atoms with Gasteiger partial charge in [0.05, 0.1) is 18.1 Å². The lowest BCUT2D eigenvalue weighted by Crippen LogP contribution is -2.56. The van der Waals surface area contributed by atoms with E-state index in [1.54, 1.807) is 0 Å². The van der Waals surface area contributed by atoms with E-state index in [4.69, 9.17) is 25.9 Å². The summed E-state index contributed by atoms with van der Waals surface area (Å²) in [4.78, 5) is 18.5. The number of phenolic OH excluding ortho intramolecular Hbond substituents is 1. The fraction of sp³-hybridized carbons (Fsp3) is 0.537. The minimum Gasteiger partial charge on any atom is -0.508 e. The van der Waals surface area contributed by atoms with Crippen LogP contribution in [-0.2, 0) is 0 Å². The van der Waals surface area contributed by atoms with Gasteiger partial charge in [-0.25, -0.2) is 13.8 Å². The van der Waals surface area contributed by atoms with Gasteiger partial charge in [0.1, 0.15) is 40.1 Å². The van der Waals surface area contributed by atoms with Gasteiger partial charge in [0.15, 0.2) is 5.82 Å². The second-order valence-corrected chi connectivity index (χ2v) is 15.8. The van der Waals surface area contributed by atoms with E-state index in [1.807, 2.05) is 0 Å². The number of piperazine rings is 1. The number of halogens is 5. The summed E-state index contributed by atoms with van der Waals surface area (Å²) in [5, 5.41) is 15.3. The second kappa shape index (κ2) is 14.5. The van der Waals surface area contributed by atoms with Crippen molar-refractivity contribution in [3.63, 3.8) is 0 Å². The molecule has 4 fully saturated rings. The van der Waals surface area contributed by atoms with Crippen LogP contribution >= 0.6 is 0 Å². The van der Waals surface area contributed by atoms with E-state index in [9.17, 15) is 18.3 Å². The fourth-order valence-electron chi connectivity index (χ4n) is 8.10. The van der Waals surface area contributed by atoms with Gasteiger partial charge >= 0.3 is 12.2 Å². The van der Waals surface area contributed by atoms with E-state index >= 15 is 8.78 Å². The number of fused-ring (bicyclic) bond motifs is 2. The predicted octanol–water partition coefficient (Wildman–Crippen LogP) is 7.75. The number of likely N-dealkylation sites (tertiary alicyclic amines) is 1. The Balaban J connectivity index is 1.23. The number of hydrogen-bond donors (Lipinski definition) is 2. The lowest BCUT2D eigenvalue weighted by Gasteiger charge is -2.39. The largest absolute Gasteiger partial charge is 0.508 e. The van der Waals surface area contributed by atoms with Gasteiger partial charge < -0.3 is 29.7 Å². The standard InChI is InChI=1S/C41H45F5N6O3/c1-4-25-19-52(20-26(5-2)47-25)37-33-36(49-39(50-37)54-22-40(13-14-40)21-51-15-11-24(12-16-51)41(44,45)46)34(43)35(48-38(33)55-28-8-9-28)30-18-27(53)17-23-7-10-31(42)29(6-3)32(23)30/h3,7,10,17-18,24-26,28,47,53H,4-5,8-9,11-16,19-22H2,1-2H3. The number of pyridine rings is 1. The first-order valence-corrected chi connectivity index (χ1v) is 19.3. The summed E-state index contributed by atoms with van der Waals surface area (Å²) in [6.07, 6.45) is 6.53. The molecule has 0 amide bonds. The topological polar surface area (TPSA) is 95.9 Å². The summed E-state index contributed by atoms with van der Waals surface area (Å²) in [5.41, 5.74) is -0.622. The molecule has 2 aliphatic carbocycles. The molecule has 2 saturated carbocycles. The summed E-state index contributed by atoms with van der Waals surface area (Å²) in [7, 11) is 0. The highest BCUT2D eigenvalue weighted by Gasteiger charge is 2.47. The van der Waals surface area contributed by atoms with Crippen LogP contribution < -0.4 is 19.7 Å². The highest BCUT2D eigenvalue weighted by molar-refractivity contribution is 6.04. The third-order valence-electron chi connectivity index (χ3n) is 11.7. The average Bonchev–Trinajstić information content (AvgIpc) is 4.12. The Bertz CT molecular complexity index is 2130. The summed E-state index contributed by atoms with van der Waals surface area (Å²) in [6, 6.07) is 5.61. The van der Waals surface area contributed by atoms with Gasteiger partial charge in [-0.05, 0) is 88.0 Å². The third-order valence-corrected chi connectivity index (χ3v) is 11.7. The number of piperidine rings is 1. The van der Waals surface area contributed by atoms with Crippen LogP contribution in [0.4, 0.5) is 27.8 Å². The normalized spacial score (nSPS) is 21.9. The van der Waals surface area contributed by atoms with Gasteiger partial charge in [0, 0.05) is 48.1 Å². The van der Waals surface area contributed by atoms with Gasteiger partial charge in [-0.2, -0.15) is 23.1 Å². The summed E-state index contributed by atoms with van der Waals surface area (Å²) >= 11 is 0. The van der Waals surface area contributed by atoms with Crippen LogP contribution in [0, 0.1) is 35.3 Å². The molecule has 2 N–H and O–H groups in total. The number of ether oxygens (including phenoxy) is 2. The Morgan fingerprint density at radius 2 is 1.69 bits per heavy atom. The molecule has 8 rings (SSSR count). The smallest absolute Gasteiger partial charge is 0.391 e. The van der Waals surface area contributed by atoms with Crippen molar-refractivity contribution in [2.75, 3.05) is 44.2 Å². The maximum absolute atomic E-state index is 17.4. The van der Waals surface area contributed by atoms with Crippen molar-refractivity contribution in [1.82, 2.24) is 25.2 Å².